The third-order valence-corrected chi connectivity index (χ3v) is 4.19. The van der Waals surface area contributed by atoms with Crippen LogP contribution in [0.1, 0.15) is 98.2 Å². The molecular formula is C19H36NNaO5. The average Bonchev–Trinajstić information content (AvgIpc) is 2.57. The van der Waals surface area contributed by atoms with Gasteiger partial charge in [0.2, 0.25) is 0 Å². The zero-order valence-corrected chi connectivity index (χ0v) is 18.6. The Morgan fingerprint density at radius 1 is 0.846 bits per heavy atom. The maximum Gasteiger partial charge on any atom is 1.00 e. The largest absolute Gasteiger partial charge is 1.00 e. The Kier molecular flexibility index (Phi) is 20.7. The fraction of sp³-hybridized carbons (Fsp3) is 0.842. The summed E-state index contributed by atoms with van der Waals surface area (Å²) in [5.74, 6) is -2.41. The van der Waals surface area contributed by atoms with Gasteiger partial charge in [0.25, 0.3) is 0 Å². The Morgan fingerprint density at radius 3 is 1.73 bits per heavy atom. The predicted molar refractivity (Wildman–Crippen MR) is 98.1 cm³/mol. The summed E-state index contributed by atoms with van der Waals surface area (Å²) in [5.41, 5.74) is 5.28. The number of nitrogens with two attached hydrogens (primary N) is 1. The Hall–Kier alpha value is -0.430. The Bertz CT molecular complexity index is 396. The van der Waals surface area contributed by atoms with E-state index >= 15 is 0 Å². The van der Waals surface area contributed by atoms with Crippen LogP contribution < -0.4 is 35.3 Å². The van der Waals surface area contributed by atoms with E-state index in [0.717, 1.165) is 19.3 Å². The molecule has 0 bridgehead atoms. The first-order valence-corrected chi connectivity index (χ1v) is 9.69. The van der Waals surface area contributed by atoms with Gasteiger partial charge in [0, 0.05) is 12.8 Å². The molecule has 1 atom stereocenters. The van der Waals surface area contributed by atoms with E-state index in [0.29, 0.717) is 0 Å². The molecule has 7 heteroatoms. The molecule has 0 amide bonds. The Labute approximate surface area is 181 Å². The van der Waals surface area contributed by atoms with Crippen LogP contribution in [0.25, 0.3) is 0 Å². The molecule has 0 aliphatic heterocycles. The Balaban J connectivity index is -0.00000288. The molecule has 0 saturated heterocycles. The van der Waals surface area contributed by atoms with Crippen LogP contribution in [0.2, 0.25) is 0 Å². The monoisotopic (exact) mass is 381 g/mol. The SMILES string of the molecule is CCCCCCCCCCCCCC(=O)OC(=O)CC[C@H](N)C(=O)O.[H-].[Na+]. The second kappa shape index (κ2) is 19.3. The summed E-state index contributed by atoms with van der Waals surface area (Å²) in [6.45, 7) is 2.22. The minimum absolute atomic E-state index is 0. The standard InChI is InChI=1S/C19H35NO5.Na.H/c1-2-3-4-5-6-7-8-9-10-11-12-13-17(21)25-18(22)15-14-16(20)19(23)24;;/h16H,2-15,20H2,1H3,(H,23,24);;/q;+1;-1/t16-;;/m0../s1. The van der Waals surface area contributed by atoms with Gasteiger partial charge in [-0.25, -0.2) is 0 Å². The van der Waals surface area contributed by atoms with Gasteiger partial charge in [-0.05, 0) is 12.8 Å². The van der Waals surface area contributed by atoms with Gasteiger partial charge < -0.3 is 17.0 Å². The molecule has 0 aromatic rings. The quantitative estimate of drug-likeness (QED) is 0.179. The molecule has 0 saturated carbocycles. The van der Waals surface area contributed by atoms with Crippen LogP contribution in [0, 0.1) is 0 Å². The maximum absolute atomic E-state index is 11.5. The molecule has 0 aromatic carbocycles. The molecule has 0 aliphatic rings. The molecule has 0 spiro atoms. The second-order valence-electron chi connectivity index (χ2n) is 6.62. The number of aliphatic carboxylic acids is 1. The van der Waals surface area contributed by atoms with Crippen molar-refractivity contribution in [2.75, 3.05) is 0 Å². The van der Waals surface area contributed by atoms with Crippen LogP contribution in [0.4, 0.5) is 0 Å². The summed E-state index contributed by atoms with van der Waals surface area (Å²) in [7, 11) is 0. The number of carbonyl (C=O) groups is 3. The van der Waals surface area contributed by atoms with E-state index in [1.165, 1.54) is 51.4 Å². The van der Waals surface area contributed by atoms with Crippen LogP contribution in [-0.4, -0.2) is 29.1 Å². The van der Waals surface area contributed by atoms with Crippen molar-refractivity contribution in [1.29, 1.82) is 0 Å². The smallest absolute Gasteiger partial charge is 1.00 e. The predicted octanol–water partition coefficient (Wildman–Crippen LogP) is 1.07. The van der Waals surface area contributed by atoms with E-state index < -0.39 is 23.9 Å². The van der Waals surface area contributed by atoms with Gasteiger partial charge in [-0.1, -0.05) is 71.1 Å². The number of carboxylic acid groups (broad SMARTS) is 1. The molecule has 0 aromatic heterocycles. The molecule has 0 aliphatic carbocycles. The average molecular weight is 381 g/mol. The minimum atomic E-state index is -1.17. The van der Waals surface area contributed by atoms with E-state index in [1.54, 1.807) is 0 Å². The number of esters is 2. The third-order valence-electron chi connectivity index (χ3n) is 4.19. The van der Waals surface area contributed by atoms with Crippen LogP contribution in [0.5, 0.6) is 0 Å². The topological polar surface area (TPSA) is 107 Å². The number of carbonyl (C=O) groups excluding carboxylic acids is 2. The molecular weight excluding hydrogens is 345 g/mol. The fourth-order valence-electron chi connectivity index (χ4n) is 2.56. The fourth-order valence-corrected chi connectivity index (χ4v) is 2.56. The molecule has 0 fully saturated rings. The van der Waals surface area contributed by atoms with Crippen molar-refractivity contribution in [2.24, 2.45) is 5.73 Å². The number of carboxylic acids is 1. The van der Waals surface area contributed by atoms with Gasteiger partial charge in [0.1, 0.15) is 6.04 Å². The summed E-state index contributed by atoms with van der Waals surface area (Å²) in [6.07, 6.45) is 13.2. The van der Waals surface area contributed by atoms with Gasteiger partial charge in [-0.2, -0.15) is 0 Å². The van der Waals surface area contributed by atoms with Crippen molar-refractivity contribution in [3.8, 4) is 0 Å². The molecule has 0 radical (unpaired) electrons. The maximum atomic E-state index is 11.5. The van der Waals surface area contributed by atoms with Gasteiger partial charge >= 0.3 is 47.5 Å². The number of hydrogen-bond acceptors (Lipinski definition) is 5. The first-order chi connectivity index (χ1) is 12.0. The first kappa shape index (κ1) is 27.8. The minimum Gasteiger partial charge on any atom is -1.00 e. The molecule has 3 N–H and O–H groups in total. The normalized spacial score (nSPS) is 11.5. The Morgan fingerprint density at radius 2 is 1.27 bits per heavy atom. The molecule has 0 rings (SSSR count). The molecule has 26 heavy (non-hydrogen) atoms. The van der Waals surface area contributed by atoms with Crippen LogP contribution in [0.15, 0.2) is 0 Å². The number of rotatable bonds is 16. The van der Waals surface area contributed by atoms with Gasteiger partial charge in [-0.15, -0.1) is 0 Å². The second-order valence-corrected chi connectivity index (χ2v) is 6.62. The third kappa shape index (κ3) is 18.4. The molecule has 0 unspecified atom stereocenters. The van der Waals surface area contributed by atoms with Gasteiger partial charge in [-0.3, -0.25) is 14.4 Å². The van der Waals surface area contributed by atoms with E-state index in [-0.39, 0.29) is 50.2 Å². The zero-order chi connectivity index (χ0) is 18.9. The first-order valence-electron chi connectivity index (χ1n) is 9.69. The van der Waals surface area contributed by atoms with Crippen molar-refractivity contribution in [3.05, 3.63) is 0 Å². The van der Waals surface area contributed by atoms with E-state index in [1.807, 2.05) is 0 Å². The van der Waals surface area contributed by atoms with Crippen LogP contribution in [-0.2, 0) is 19.1 Å². The molecule has 0 heterocycles. The molecule has 6 nitrogen and oxygen atoms in total. The summed E-state index contributed by atoms with van der Waals surface area (Å²) >= 11 is 0. The van der Waals surface area contributed by atoms with Crippen LogP contribution in [0.3, 0.4) is 0 Å². The van der Waals surface area contributed by atoms with Crippen LogP contribution >= 0.6 is 0 Å². The van der Waals surface area contributed by atoms with Crippen molar-refractivity contribution >= 4 is 17.9 Å². The summed E-state index contributed by atoms with van der Waals surface area (Å²) < 4.78 is 4.65. The van der Waals surface area contributed by atoms with Crippen molar-refractivity contribution in [1.82, 2.24) is 0 Å². The van der Waals surface area contributed by atoms with Crippen molar-refractivity contribution in [2.45, 2.75) is 103 Å². The zero-order valence-electron chi connectivity index (χ0n) is 17.6. The van der Waals surface area contributed by atoms with Crippen molar-refractivity contribution < 1.29 is 55.2 Å². The summed E-state index contributed by atoms with van der Waals surface area (Å²) in [6, 6.07) is -1.10. The summed E-state index contributed by atoms with van der Waals surface area (Å²) in [5, 5.41) is 8.60. The summed E-state index contributed by atoms with van der Waals surface area (Å²) in [4.78, 5) is 33.4. The molecule has 148 valence electrons. The van der Waals surface area contributed by atoms with E-state index in [2.05, 4.69) is 11.7 Å². The number of unbranched alkanes of at least 4 members (excludes halogenated alkanes) is 10. The van der Waals surface area contributed by atoms with Gasteiger partial charge in [0.05, 0.1) is 0 Å². The van der Waals surface area contributed by atoms with E-state index in [9.17, 15) is 14.4 Å². The van der Waals surface area contributed by atoms with Gasteiger partial charge in [0.15, 0.2) is 0 Å². The number of ether oxygens (including phenoxy) is 1. The van der Waals surface area contributed by atoms with Crippen molar-refractivity contribution in [3.63, 3.8) is 0 Å². The van der Waals surface area contributed by atoms with E-state index in [4.69, 9.17) is 10.8 Å². The number of hydrogen-bond donors (Lipinski definition) is 2.